The number of halogens is 2. The molecule has 0 saturated heterocycles. The number of amides is 1. The second-order valence-corrected chi connectivity index (χ2v) is 5.86. The topological polar surface area (TPSA) is 44.4 Å². The van der Waals surface area contributed by atoms with Crippen molar-refractivity contribution in [3.63, 3.8) is 0 Å². The molecule has 2 heterocycles. The predicted molar refractivity (Wildman–Crippen MR) is 81.7 cm³/mol. The molecule has 0 bridgehead atoms. The van der Waals surface area contributed by atoms with Gasteiger partial charge in [-0.15, -0.1) is 0 Å². The standard InChI is InChI=1S/C16H21F2N3O/c1-2-10-9-21-6-5-19-7-11-3-4-12(14(10)15(11)21)16(22)20-8-13(17)18/h3-4,10,13,19H,2,5-9H2,1H3,(H,20,22)/t10-/m0/s1. The molecule has 0 aromatic heterocycles. The van der Waals surface area contributed by atoms with Gasteiger partial charge in [-0.2, -0.15) is 0 Å². The number of benzene rings is 1. The third-order valence-electron chi connectivity index (χ3n) is 4.49. The Hall–Kier alpha value is -1.69. The van der Waals surface area contributed by atoms with Crippen molar-refractivity contribution in [2.75, 3.05) is 31.1 Å². The molecule has 0 saturated carbocycles. The predicted octanol–water partition coefficient (Wildman–Crippen LogP) is 2.10. The Morgan fingerprint density at radius 3 is 3.05 bits per heavy atom. The quantitative estimate of drug-likeness (QED) is 0.895. The van der Waals surface area contributed by atoms with Crippen molar-refractivity contribution >= 4 is 11.6 Å². The third kappa shape index (κ3) is 2.67. The van der Waals surface area contributed by atoms with Gasteiger partial charge >= 0.3 is 0 Å². The Morgan fingerprint density at radius 1 is 1.50 bits per heavy atom. The van der Waals surface area contributed by atoms with E-state index in [-0.39, 0.29) is 0 Å². The minimum Gasteiger partial charge on any atom is -0.369 e. The molecule has 0 spiro atoms. The summed E-state index contributed by atoms with van der Waals surface area (Å²) in [7, 11) is 0. The molecule has 22 heavy (non-hydrogen) atoms. The van der Waals surface area contributed by atoms with E-state index in [1.54, 1.807) is 6.07 Å². The number of anilines is 1. The van der Waals surface area contributed by atoms with Crippen LogP contribution in [-0.4, -0.2) is 38.5 Å². The van der Waals surface area contributed by atoms with E-state index in [0.29, 0.717) is 11.5 Å². The molecule has 1 atom stereocenters. The minimum atomic E-state index is -2.53. The van der Waals surface area contributed by atoms with Gasteiger partial charge in [0.1, 0.15) is 0 Å². The molecule has 1 aromatic rings. The molecule has 2 aliphatic rings. The second kappa shape index (κ2) is 6.20. The molecule has 0 fully saturated rings. The lowest BCUT2D eigenvalue weighted by Crippen LogP contribution is -2.29. The van der Waals surface area contributed by atoms with Crippen LogP contribution in [0, 0.1) is 0 Å². The van der Waals surface area contributed by atoms with Crippen LogP contribution in [0.2, 0.25) is 0 Å². The van der Waals surface area contributed by atoms with Crippen LogP contribution in [0.3, 0.4) is 0 Å². The van der Waals surface area contributed by atoms with E-state index in [4.69, 9.17) is 0 Å². The van der Waals surface area contributed by atoms with Gasteiger partial charge in [-0.3, -0.25) is 4.79 Å². The number of hydrogen-bond donors (Lipinski definition) is 2. The Bertz CT molecular complexity index is 577. The summed E-state index contributed by atoms with van der Waals surface area (Å²) in [6.45, 7) is 5.02. The second-order valence-electron chi connectivity index (χ2n) is 5.86. The van der Waals surface area contributed by atoms with Gasteiger partial charge in [0.15, 0.2) is 0 Å². The van der Waals surface area contributed by atoms with Gasteiger partial charge in [0.05, 0.1) is 6.54 Å². The smallest absolute Gasteiger partial charge is 0.255 e. The van der Waals surface area contributed by atoms with E-state index in [1.165, 1.54) is 5.56 Å². The summed E-state index contributed by atoms with van der Waals surface area (Å²) >= 11 is 0. The number of hydrogen-bond acceptors (Lipinski definition) is 3. The summed E-state index contributed by atoms with van der Waals surface area (Å²) in [5, 5.41) is 5.71. The fraction of sp³-hybridized carbons (Fsp3) is 0.562. The molecular weight excluding hydrogens is 288 g/mol. The molecule has 6 heteroatoms. The highest BCUT2D eigenvalue weighted by molar-refractivity contribution is 5.98. The first-order valence-corrected chi connectivity index (χ1v) is 7.79. The molecular formula is C16H21F2N3O. The van der Waals surface area contributed by atoms with Gasteiger partial charge < -0.3 is 15.5 Å². The van der Waals surface area contributed by atoms with Crippen molar-refractivity contribution < 1.29 is 13.6 Å². The van der Waals surface area contributed by atoms with E-state index in [2.05, 4.69) is 22.5 Å². The molecule has 0 aliphatic carbocycles. The maximum Gasteiger partial charge on any atom is 0.255 e. The van der Waals surface area contributed by atoms with Gasteiger partial charge in [0, 0.05) is 43.3 Å². The maximum absolute atomic E-state index is 12.3. The van der Waals surface area contributed by atoms with Crippen LogP contribution >= 0.6 is 0 Å². The zero-order valence-corrected chi connectivity index (χ0v) is 12.7. The fourth-order valence-corrected chi connectivity index (χ4v) is 3.47. The average molecular weight is 309 g/mol. The number of carbonyl (C=O) groups is 1. The van der Waals surface area contributed by atoms with E-state index >= 15 is 0 Å². The van der Waals surface area contributed by atoms with Gasteiger partial charge in [-0.25, -0.2) is 8.78 Å². The van der Waals surface area contributed by atoms with Crippen LogP contribution in [0.4, 0.5) is 14.5 Å². The number of alkyl halides is 2. The van der Waals surface area contributed by atoms with Crippen molar-refractivity contribution in [1.82, 2.24) is 10.6 Å². The molecule has 0 unspecified atom stereocenters. The van der Waals surface area contributed by atoms with Crippen molar-refractivity contribution in [2.24, 2.45) is 0 Å². The van der Waals surface area contributed by atoms with Crippen molar-refractivity contribution in [3.8, 4) is 0 Å². The Labute approximate surface area is 128 Å². The average Bonchev–Trinajstić information content (AvgIpc) is 2.75. The van der Waals surface area contributed by atoms with Crippen LogP contribution in [0.5, 0.6) is 0 Å². The van der Waals surface area contributed by atoms with Crippen molar-refractivity contribution in [1.29, 1.82) is 0 Å². The SMILES string of the molecule is CC[C@H]1CN2CCNCc3ccc(C(=O)NCC(F)F)c1c32. The zero-order chi connectivity index (χ0) is 15.7. The molecule has 1 aromatic carbocycles. The fourth-order valence-electron chi connectivity index (χ4n) is 3.47. The third-order valence-corrected chi connectivity index (χ3v) is 4.49. The highest BCUT2D eigenvalue weighted by atomic mass is 19.3. The highest BCUT2D eigenvalue weighted by Gasteiger charge is 2.34. The number of carbonyl (C=O) groups excluding carboxylic acids is 1. The number of nitrogens with zero attached hydrogens (tertiary/aromatic N) is 1. The maximum atomic E-state index is 12.3. The molecule has 2 aliphatic heterocycles. The molecule has 4 nitrogen and oxygen atoms in total. The minimum absolute atomic E-state index is 0.292. The highest BCUT2D eigenvalue weighted by Crippen LogP contribution is 2.43. The number of nitrogens with one attached hydrogen (secondary N) is 2. The molecule has 120 valence electrons. The van der Waals surface area contributed by atoms with Crippen molar-refractivity contribution in [3.05, 3.63) is 28.8 Å². The van der Waals surface area contributed by atoms with E-state index < -0.39 is 18.9 Å². The summed E-state index contributed by atoms with van der Waals surface area (Å²) in [5.74, 6) is -0.101. The first-order chi connectivity index (χ1) is 10.6. The Balaban J connectivity index is 1.99. The molecule has 3 rings (SSSR count). The zero-order valence-electron chi connectivity index (χ0n) is 12.7. The first kappa shape index (κ1) is 15.2. The molecule has 2 N–H and O–H groups in total. The molecule has 1 amide bonds. The van der Waals surface area contributed by atoms with Gasteiger partial charge in [0.2, 0.25) is 0 Å². The van der Waals surface area contributed by atoms with Crippen LogP contribution in [-0.2, 0) is 6.54 Å². The molecule has 0 radical (unpaired) electrons. The Kier molecular flexibility index (Phi) is 4.29. The summed E-state index contributed by atoms with van der Waals surface area (Å²) in [5.41, 5.74) is 3.92. The van der Waals surface area contributed by atoms with Crippen LogP contribution in [0.25, 0.3) is 0 Å². The summed E-state index contributed by atoms with van der Waals surface area (Å²) in [6.07, 6.45) is -1.59. The Morgan fingerprint density at radius 2 is 2.32 bits per heavy atom. The van der Waals surface area contributed by atoms with Crippen LogP contribution < -0.4 is 15.5 Å². The van der Waals surface area contributed by atoms with E-state index in [1.807, 2.05) is 6.07 Å². The summed E-state index contributed by atoms with van der Waals surface area (Å²) in [6, 6.07) is 3.73. The van der Waals surface area contributed by atoms with E-state index in [0.717, 1.165) is 43.9 Å². The van der Waals surface area contributed by atoms with Crippen molar-refractivity contribution in [2.45, 2.75) is 32.2 Å². The van der Waals surface area contributed by atoms with Crippen LogP contribution in [0.1, 0.15) is 40.7 Å². The lowest BCUT2D eigenvalue weighted by atomic mass is 9.91. The summed E-state index contributed by atoms with van der Waals surface area (Å²) in [4.78, 5) is 14.6. The lowest BCUT2D eigenvalue weighted by Gasteiger charge is -2.19. The van der Waals surface area contributed by atoms with Gasteiger partial charge in [0.25, 0.3) is 12.3 Å². The number of rotatable bonds is 4. The normalized spacial score (nSPS) is 20.0. The lowest BCUT2D eigenvalue weighted by molar-refractivity contribution is 0.0890. The van der Waals surface area contributed by atoms with E-state index in [9.17, 15) is 13.6 Å². The first-order valence-electron chi connectivity index (χ1n) is 7.79. The largest absolute Gasteiger partial charge is 0.369 e. The summed E-state index contributed by atoms with van der Waals surface area (Å²) < 4.78 is 24.7. The monoisotopic (exact) mass is 309 g/mol. The van der Waals surface area contributed by atoms with Gasteiger partial charge in [-0.05, 0) is 23.6 Å². The van der Waals surface area contributed by atoms with Crippen LogP contribution in [0.15, 0.2) is 12.1 Å². The van der Waals surface area contributed by atoms with Gasteiger partial charge in [-0.1, -0.05) is 13.0 Å².